The molecular weight excluding hydrogens is 200 g/mol. The molecule has 0 aromatic carbocycles. The molecule has 0 saturated heterocycles. The molecule has 1 aromatic heterocycles. The zero-order valence-electron chi connectivity index (χ0n) is 8.79. The minimum absolute atomic E-state index is 0.634. The Balaban J connectivity index is 2.48. The Morgan fingerprint density at radius 3 is 2.79 bits per heavy atom. The minimum atomic E-state index is 0.634. The van der Waals surface area contributed by atoms with Crippen molar-refractivity contribution >= 4 is 16.5 Å². The number of rotatable bonds is 6. The highest BCUT2D eigenvalue weighted by Gasteiger charge is 2.05. The van der Waals surface area contributed by atoms with Crippen LogP contribution in [-0.2, 0) is 16.1 Å². The van der Waals surface area contributed by atoms with Crippen molar-refractivity contribution in [1.29, 1.82) is 0 Å². The largest absolute Gasteiger partial charge is 0.383 e. The molecule has 0 amide bonds. The summed E-state index contributed by atoms with van der Waals surface area (Å²) in [5.41, 5.74) is 1.04. The Bertz CT molecular complexity index is 276. The van der Waals surface area contributed by atoms with Crippen molar-refractivity contribution in [2.75, 3.05) is 32.7 Å². The second-order valence-electron chi connectivity index (χ2n) is 2.88. The summed E-state index contributed by atoms with van der Waals surface area (Å²) in [6.45, 7) is 4.11. The molecule has 0 aliphatic carbocycles. The number of aromatic nitrogens is 1. The van der Waals surface area contributed by atoms with Gasteiger partial charge in [-0.15, -0.1) is 0 Å². The Labute approximate surface area is 88.3 Å². The van der Waals surface area contributed by atoms with Crippen LogP contribution in [0.2, 0.25) is 0 Å². The minimum Gasteiger partial charge on any atom is -0.383 e. The number of thiazole rings is 1. The third-order valence-corrected chi connectivity index (χ3v) is 2.84. The van der Waals surface area contributed by atoms with E-state index in [1.165, 1.54) is 4.88 Å². The summed E-state index contributed by atoms with van der Waals surface area (Å²) >= 11 is 1.63. The first-order valence-corrected chi connectivity index (χ1v) is 5.27. The molecule has 1 aromatic rings. The molecule has 5 heteroatoms. The van der Waals surface area contributed by atoms with Crippen LogP contribution in [0.3, 0.4) is 0 Å². The first-order valence-electron chi connectivity index (χ1n) is 4.46. The van der Waals surface area contributed by atoms with Crippen LogP contribution < -0.4 is 5.32 Å². The van der Waals surface area contributed by atoms with E-state index in [9.17, 15) is 0 Å². The number of aryl methyl sites for hydroxylation is 1. The van der Waals surface area contributed by atoms with Gasteiger partial charge in [0.2, 0.25) is 0 Å². The topological polar surface area (TPSA) is 43.4 Å². The number of ether oxygens (including phenoxy) is 2. The zero-order chi connectivity index (χ0) is 10.4. The smallest absolute Gasteiger partial charge is 0.183 e. The first kappa shape index (κ1) is 11.4. The van der Waals surface area contributed by atoms with Gasteiger partial charge in [0.05, 0.1) is 23.8 Å². The van der Waals surface area contributed by atoms with Crippen molar-refractivity contribution in [1.82, 2.24) is 4.98 Å². The normalized spacial score (nSPS) is 10.5. The number of nitrogens with zero attached hydrogens (tertiary/aromatic N) is 1. The van der Waals surface area contributed by atoms with Gasteiger partial charge in [-0.3, -0.25) is 0 Å². The summed E-state index contributed by atoms with van der Waals surface area (Å²) in [5.74, 6) is 0. The van der Waals surface area contributed by atoms with E-state index >= 15 is 0 Å². The highest BCUT2D eigenvalue weighted by molar-refractivity contribution is 7.15. The van der Waals surface area contributed by atoms with Crippen LogP contribution in [0.15, 0.2) is 0 Å². The summed E-state index contributed by atoms with van der Waals surface area (Å²) in [5, 5.41) is 4.13. The van der Waals surface area contributed by atoms with Gasteiger partial charge in [0.15, 0.2) is 5.13 Å². The standard InChI is InChI=1S/C9H16N2O2S/c1-7-8(6-13-3)14-9(11-7)10-4-5-12-2/h4-6H2,1-3H3,(H,10,11). The van der Waals surface area contributed by atoms with Crippen LogP contribution in [-0.4, -0.2) is 32.4 Å². The highest BCUT2D eigenvalue weighted by Crippen LogP contribution is 2.22. The molecule has 0 aliphatic rings. The first-order chi connectivity index (χ1) is 6.77. The van der Waals surface area contributed by atoms with Gasteiger partial charge < -0.3 is 14.8 Å². The van der Waals surface area contributed by atoms with E-state index in [-0.39, 0.29) is 0 Å². The maximum atomic E-state index is 5.07. The van der Waals surface area contributed by atoms with E-state index in [0.717, 1.165) is 17.4 Å². The van der Waals surface area contributed by atoms with Gasteiger partial charge in [-0.05, 0) is 6.92 Å². The lowest BCUT2D eigenvalue weighted by Gasteiger charge is -1.99. The molecule has 0 fully saturated rings. The fourth-order valence-electron chi connectivity index (χ4n) is 1.03. The fraction of sp³-hybridized carbons (Fsp3) is 0.667. The van der Waals surface area contributed by atoms with Gasteiger partial charge in [0.1, 0.15) is 0 Å². The van der Waals surface area contributed by atoms with E-state index in [2.05, 4.69) is 10.3 Å². The van der Waals surface area contributed by atoms with Crippen LogP contribution in [0.1, 0.15) is 10.6 Å². The second kappa shape index (κ2) is 5.95. The molecule has 14 heavy (non-hydrogen) atoms. The van der Waals surface area contributed by atoms with E-state index in [1.807, 2.05) is 6.92 Å². The number of hydrogen-bond donors (Lipinski definition) is 1. The molecule has 4 nitrogen and oxygen atoms in total. The maximum Gasteiger partial charge on any atom is 0.183 e. The number of anilines is 1. The molecule has 0 radical (unpaired) electrons. The van der Waals surface area contributed by atoms with Gasteiger partial charge in [0, 0.05) is 20.8 Å². The molecule has 0 unspecified atom stereocenters. The molecule has 80 valence electrons. The third kappa shape index (κ3) is 3.25. The van der Waals surface area contributed by atoms with Gasteiger partial charge in [-0.2, -0.15) is 0 Å². The summed E-state index contributed by atoms with van der Waals surface area (Å²) in [6.07, 6.45) is 0. The lowest BCUT2D eigenvalue weighted by atomic mass is 10.4. The van der Waals surface area contributed by atoms with E-state index < -0.39 is 0 Å². The van der Waals surface area contributed by atoms with Crippen molar-refractivity contribution in [3.8, 4) is 0 Å². The molecule has 0 aliphatic heterocycles. The predicted molar refractivity (Wildman–Crippen MR) is 57.9 cm³/mol. The summed E-state index contributed by atoms with van der Waals surface area (Å²) in [7, 11) is 3.38. The van der Waals surface area contributed by atoms with Crippen LogP contribution in [0.4, 0.5) is 5.13 Å². The molecule has 0 atom stereocenters. The van der Waals surface area contributed by atoms with Gasteiger partial charge in [-0.1, -0.05) is 11.3 Å². The third-order valence-electron chi connectivity index (χ3n) is 1.75. The molecule has 0 spiro atoms. The maximum absolute atomic E-state index is 5.07. The van der Waals surface area contributed by atoms with E-state index in [1.54, 1.807) is 25.6 Å². The van der Waals surface area contributed by atoms with E-state index in [0.29, 0.717) is 13.2 Å². The molecule has 0 bridgehead atoms. The Morgan fingerprint density at radius 2 is 2.14 bits per heavy atom. The number of methoxy groups -OCH3 is 2. The monoisotopic (exact) mass is 216 g/mol. The molecule has 1 rings (SSSR count). The molecule has 0 saturated carbocycles. The molecular formula is C9H16N2O2S. The van der Waals surface area contributed by atoms with Gasteiger partial charge in [-0.25, -0.2) is 4.98 Å². The molecule has 1 heterocycles. The number of hydrogen-bond acceptors (Lipinski definition) is 5. The van der Waals surface area contributed by atoms with Crippen LogP contribution >= 0.6 is 11.3 Å². The van der Waals surface area contributed by atoms with Crippen molar-refractivity contribution in [3.63, 3.8) is 0 Å². The Morgan fingerprint density at radius 1 is 1.36 bits per heavy atom. The zero-order valence-corrected chi connectivity index (χ0v) is 9.61. The Hall–Kier alpha value is -0.650. The lowest BCUT2D eigenvalue weighted by molar-refractivity contribution is 0.187. The van der Waals surface area contributed by atoms with Crippen LogP contribution in [0, 0.1) is 6.92 Å². The highest BCUT2D eigenvalue weighted by atomic mass is 32.1. The quantitative estimate of drug-likeness (QED) is 0.734. The second-order valence-corrected chi connectivity index (χ2v) is 3.96. The Kier molecular flexibility index (Phi) is 4.86. The summed E-state index contributed by atoms with van der Waals surface area (Å²) in [6, 6.07) is 0. The van der Waals surface area contributed by atoms with Crippen LogP contribution in [0.5, 0.6) is 0 Å². The SMILES string of the molecule is COCCNc1nc(C)c(COC)s1. The summed E-state index contributed by atoms with van der Waals surface area (Å²) < 4.78 is 10.0. The van der Waals surface area contributed by atoms with Crippen LogP contribution in [0.25, 0.3) is 0 Å². The van der Waals surface area contributed by atoms with E-state index in [4.69, 9.17) is 9.47 Å². The fourth-order valence-corrected chi connectivity index (χ4v) is 1.99. The average Bonchev–Trinajstić information content (AvgIpc) is 2.49. The van der Waals surface area contributed by atoms with Crippen molar-refractivity contribution < 1.29 is 9.47 Å². The molecule has 1 N–H and O–H groups in total. The van der Waals surface area contributed by atoms with Gasteiger partial charge >= 0.3 is 0 Å². The van der Waals surface area contributed by atoms with Crippen molar-refractivity contribution in [2.24, 2.45) is 0 Å². The van der Waals surface area contributed by atoms with Gasteiger partial charge in [0.25, 0.3) is 0 Å². The lowest BCUT2D eigenvalue weighted by Crippen LogP contribution is -2.06. The average molecular weight is 216 g/mol. The number of nitrogens with one attached hydrogen (secondary N) is 1. The summed E-state index contributed by atoms with van der Waals surface area (Å²) in [4.78, 5) is 5.55. The van der Waals surface area contributed by atoms with Crippen molar-refractivity contribution in [2.45, 2.75) is 13.5 Å². The van der Waals surface area contributed by atoms with Crippen molar-refractivity contribution in [3.05, 3.63) is 10.6 Å². The predicted octanol–water partition coefficient (Wildman–Crippen LogP) is 1.66.